The fourth-order valence-corrected chi connectivity index (χ4v) is 4.44. The summed E-state index contributed by atoms with van der Waals surface area (Å²) in [5, 5.41) is 4.74. The number of nitrogens with one attached hydrogen (secondary N) is 1. The number of fused-ring (bicyclic) bond motifs is 1. The number of nitrogens with zero attached hydrogens (tertiary/aromatic N) is 2. The average molecular weight is 458 g/mol. The monoisotopic (exact) mass is 457 g/mol. The number of aromatic nitrogens is 2. The Morgan fingerprint density at radius 1 is 1.06 bits per heavy atom. The molecular weight excluding hydrogens is 434 g/mol. The summed E-state index contributed by atoms with van der Waals surface area (Å²) in [6.45, 7) is 2.87. The minimum atomic E-state index is -0.403. The second-order valence-electron chi connectivity index (χ2n) is 8.51. The van der Waals surface area contributed by atoms with Crippen LogP contribution in [0.25, 0.3) is 10.9 Å². The summed E-state index contributed by atoms with van der Waals surface area (Å²) in [7, 11) is 0. The molecule has 33 heavy (non-hydrogen) atoms. The van der Waals surface area contributed by atoms with Crippen molar-refractivity contribution in [1.29, 1.82) is 0 Å². The van der Waals surface area contributed by atoms with Crippen LogP contribution in [0.3, 0.4) is 0 Å². The predicted molar refractivity (Wildman–Crippen MR) is 129 cm³/mol. The first-order valence-corrected chi connectivity index (χ1v) is 11.4. The van der Waals surface area contributed by atoms with Gasteiger partial charge in [-0.05, 0) is 66.8 Å². The molecular formula is C27H24ClN3O2. The molecule has 0 unspecified atom stereocenters. The lowest BCUT2D eigenvalue weighted by atomic mass is 9.98. The fraction of sp³-hybridized carbons (Fsp3) is 0.222. The molecule has 1 aliphatic rings. The van der Waals surface area contributed by atoms with Gasteiger partial charge in [0.2, 0.25) is 0 Å². The molecule has 1 aliphatic carbocycles. The molecule has 0 atom stereocenters. The van der Waals surface area contributed by atoms with E-state index in [1.54, 1.807) is 6.20 Å². The fourth-order valence-electron chi connectivity index (χ4n) is 4.24. The van der Waals surface area contributed by atoms with E-state index in [0.717, 1.165) is 46.1 Å². The zero-order valence-electron chi connectivity index (χ0n) is 18.3. The molecule has 1 saturated carbocycles. The summed E-state index contributed by atoms with van der Waals surface area (Å²) in [4.78, 5) is 21.9. The van der Waals surface area contributed by atoms with E-state index in [0.29, 0.717) is 23.9 Å². The number of aryl methyl sites for hydroxylation is 1. The second-order valence-corrected chi connectivity index (χ2v) is 8.90. The summed E-state index contributed by atoms with van der Waals surface area (Å²) >= 11 is 6.30. The third-order valence-electron chi connectivity index (χ3n) is 6.08. The number of halogens is 1. The van der Waals surface area contributed by atoms with Crippen LogP contribution >= 0.6 is 11.6 Å². The van der Waals surface area contributed by atoms with Crippen LogP contribution in [0.15, 0.2) is 72.9 Å². The summed E-state index contributed by atoms with van der Waals surface area (Å²) in [6.07, 6.45) is 3.51. The lowest BCUT2D eigenvalue weighted by Gasteiger charge is -2.21. The normalized spacial score (nSPS) is 14.2. The smallest absolute Gasteiger partial charge is 0.252 e. The van der Waals surface area contributed by atoms with Crippen molar-refractivity contribution in [3.63, 3.8) is 0 Å². The Bertz CT molecular complexity index is 1320. The highest BCUT2D eigenvalue weighted by atomic mass is 35.5. The summed E-state index contributed by atoms with van der Waals surface area (Å²) < 4.78 is 5.78. The Morgan fingerprint density at radius 2 is 1.88 bits per heavy atom. The van der Waals surface area contributed by atoms with Gasteiger partial charge in [-0.15, -0.1) is 0 Å². The van der Waals surface area contributed by atoms with Gasteiger partial charge in [0.25, 0.3) is 5.91 Å². The van der Waals surface area contributed by atoms with Crippen molar-refractivity contribution < 1.29 is 9.53 Å². The van der Waals surface area contributed by atoms with Gasteiger partial charge in [0.1, 0.15) is 5.15 Å². The van der Waals surface area contributed by atoms with Gasteiger partial charge in [0.15, 0.2) is 0 Å². The molecule has 0 bridgehead atoms. The van der Waals surface area contributed by atoms with Crippen molar-refractivity contribution in [2.24, 2.45) is 0 Å². The van der Waals surface area contributed by atoms with Crippen molar-refractivity contribution in [3.8, 4) is 0 Å². The van der Waals surface area contributed by atoms with Gasteiger partial charge in [-0.3, -0.25) is 9.78 Å². The van der Waals surface area contributed by atoms with Gasteiger partial charge in [0, 0.05) is 17.1 Å². The second kappa shape index (κ2) is 8.93. The molecule has 0 spiro atoms. The van der Waals surface area contributed by atoms with E-state index in [9.17, 15) is 4.79 Å². The maximum absolute atomic E-state index is 13.2. The van der Waals surface area contributed by atoms with Gasteiger partial charge in [-0.2, -0.15) is 0 Å². The molecule has 1 fully saturated rings. The van der Waals surface area contributed by atoms with Crippen molar-refractivity contribution >= 4 is 28.4 Å². The molecule has 5 nitrogen and oxygen atoms in total. The summed E-state index contributed by atoms with van der Waals surface area (Å²) in [5.41, 5.74) is 4.96. The minimum absolute atomic E-state index is 0.0806. The first kappa shape index (κ1) is 21.6. The number of para-hydroxylation sites is 1. The Balaban J connectivity index is 1.30. The highest BCUT2D eigenvalue weighted by Gasteiger charge is 2.47. The number of carbonyl (C=O) groups excluding carboxylic acids is 1. The summed E-state index contributed by atoms with van der Waals surface area (Å²) in [6, 6.07) is 21.4. The zero-order chi connectivity index (χ0) is 22.8. The van der Waals surface area contributed by atoms with Gasteiger partial charge in [0.05, 0.1) is 30.0 Å². The van der Waals surface area contributed by atoms with Crippen LogP contribution in [0, 0.1) is 6.92 Å². The lowest BCUT2D eigenvalue weighted by Crippen LogP contribution is -2.35. The van der Waals surface area contributed by atoms with Crippen LogP contribution in [-0.4, -0.2) is 15.9 Å². The third kappa shape index (κ3) is 4.61. The minimum Gasteiger partial charge on any atom is -0.370 e. The van der Waals surface area contributed by atoms with E-state index in [2.05, 4.69) is 15.3 Å². The number of pyridine rings is 2. The number of hydrogen-bond acceptors (Lipinski definition) is 4. The number of amides is 1. The van der Waals surface area contributed by atoms with E-state index >= 15 is 0 Å². The van der Waals surface area contributed by atoms with Gasteiger partial charge < -0.3 is 10.1 Å². The van der Waals surface area contributed by atoms with E-state index in [1.807, 2.05) is 73.7 Å². The summed E-state index contributed by atoms with van der Waals surface area (Å²) in [5.74, 6) is -0.0806. The lowest BCUT2D eigenvalue weighted by molar-refractivity contribution is 0.0929. The molecule has 5 rings (SSSR count). The first-order valence-electron chi connectivity index (χ1n) is 11.0. The zero-order valence-corrected chi connectivity index (χ0v) is 19.1. The van der Waals surface area contributed by atoms with E-state index in [1.165, 1.54) is 0 Å². The first-order chi connectivity index (χ1) is 16.0. The van der Waals surface area contributed by atoms with E-state index in [-0.39, 0.29) is 5.91 Å². The standard InChI is InChI=1S/C27H24ClN3O2/c1-18-14-19(16-33-17-20-6-4-5-13-29-20)9-10-21(18)26(32)31-27(11-12-27)23-15-25(28)30-24-8-3-2-7-22(23)24/h2-10,13-15H,11-12,16-17H2,1H3,(H,31,32). The molecule has 1 amide bonds. The van der Waals surface area contributed by atoms with Crippen LogP contribution in [0.4, 0.5) is 0 Å². The number of rotatable bonds is 7. The van der Waals surface area contributed by atoms with Gasteiger partial charge in [-0.25, -0.2) is 4.98 Å². The van der Waals surface area contributed by atoms with Crippen molar-refractivity contribution in [3.05, 3.63) is 106 Å². The number of hydrogen-bond donors (Lipinski definition) is 1. The van der Waals surface area contributed by atoms with Crippen LogP contribution in [0.1, 0.15) is 45.6 Å². The Kier molecular flexibility index (Phi) is 5.83. The Labute approximate surface area is 197 Å². The van der Waals surface area contributed by atoms with Gasteiger partial charge >= 0.3 is 0 Å². The van der Waals surface area contributed by atoms with Crippen LogP contribution in [-0.2, 0) is 23.5 Å². The predicted octanol–water partition coefficient (Wildman–Crippen LogP) is 5.73. The van der Waals surface area contributed by atoms with E-state index < -0.39 is 5.54 Å². The number of ether oxygens (including phenoxy) is 1. The molecule has 4 aromatic rings. The molecule has 1 N–H and O–H groups in total. The SMILES string of the molecule is Cc1cc(COCc2ccccn2)ccc1C(=O)NC1(c2cc(Cl)nc3ccccc23)CC1. The molecule has 0 radical (unpaired) electrons. The molecule has 6 heteroatoms. The molecule has 0 saturated heterocycles. The molecule has 2 aromatic carbocycles. The van der Waals surface area contributed by atoms with Crippen molar-refractivity contribution in [2.75, 3.05) is 0 Å². The molecule has 166 valence electrons. The van der Waals surface area contributed by atoms with Crippen LogP contribution < -0.4 is 5.32 Å². The maximum atomic E-state index is 13.2. The van der Waals surface area contributed by atoms with Gasteiger partial charge in [-0.1, -0.05) is 48.0 Å². The Morgan fingerprint density at radius 3 is 2.64 bits per heavy atom. The maximum Gasteiger partial charge on any atom is 0.252 e. The number of benzene rings is 2. The topological polar surface area (TPSA) is 64.1 Å². The average Bonchev–Trinajstić information content (AvgIpc) is 3.59. The van der Waals surface area contributed by atoms with Crippen LogP contribution in [0.2, 0.25) is 5.15 Å². The molecule has 0 aliphatic heterocycles. The Hall–Kier alpha value is -3.28. The largest absolute Gasteiger partial charge is 0.370 e. The highest BCUT2D eigenvalue weighted by molar-refractivity contribution is 6.30. The van der Waals surface area contributed by atoms with E-state index in [4.69, 9.17) is 16.3 Å². The quantitative estimate of drug-likeness (QED) is 0.360. The van der Waals surface area contributed by atoms with Crippen molar-refractivity contribution in [2.45, 2.75) is 38.5 Å². The van der Waals surface area contributed by atoms with Crippen molar-refractivity contribution in [1.82, 2.24) is 15.3 Å². The number of carbonyl (C=O) groups is 1. The molecule has 2 heterocycles. The molecule has 2 aromatic heterocycles. The highest BCUT2D eigenvalue weighted by Crippen LogP contribution is 2.48. The third-order valence-corrected chi connectivity index (χ3v) is 6.28. The van der Waals surface area contributed by atoms with Crippen LogP contribution in [0.5, 0.6) is 0 Å².